The molecule has 0 radical (unpaired) electrons. The first kappa shape index (κ1) is 13.3. The summed E-state index contributed by atoms with van der Waals surface area (Å²) in [5.74, 6) is 0.660. The number of alkyl halides is 1. The molecule has 0 unspecified atom stereocenters. The molecule has 0 aliphatic rings. The molecule has 3 aromatic rings. The van der Waals surface area contributed by atoms with Crippen molar-refractivity contribution in [3.63, 3.8) is 0 Å². The summed E-state index contributed by atoms with van der Waals surface area (Å²) in [6, 6.07) is 15.5. The SMILES string of the molecule is FCCOc1ccc(-c2cccc(-c3cnon3)c2)cc1. The zero-order chi connectivity index (χ0) is 14.5. The Morgan fingerprint density at radius 2 is 1.81 bits per heavy atom. The van der Waals surface area contributed by atoms with E-state index in [0.29, 0.717) is 11.4 Å². The summed E-state index contributed by atoms with van der Waals surface area (Å²) < 4.78 is 21.9. The average Bonchev–Trinajstić information content (AvgIpc) is 3.08. The highest BCUT2D eigenvalue weighted by Crippen LogP contribution is 2.26. The number of hydrogen-bond acceptors (Lipinski definition) is 4. The monoisotopic (exact) mass is 284 g/mol. The van der Waals surface area contributed by atoms with Crippen LogP contribution in [-0.4, -0.2) is 23.6 Å². The minimum atomic E-state index is -0.491. The van der Waals surface area contributed by atoms with Crippen LogP contribution in [0.1, 0.15) is 0 Å². The molecule has 0 N–H and O–H groups in total. The van der Waals surface area contributed by atoms with Crippen LogP contribution in [-0.2, 0) is 0 Å². The molecule has 106 valence electrons. The number of halogens is 1. The molecule has 2 aromatic carbocycles. The Morgan fingerprint density at radius 1 is 1.00 bits per heavy atom. The maximum absolute atomic E-state index is 12.1. The first-order valence-corrected chi connectivity index (χ1v) is 6.54. The molecule has 0 atom stereocenters. The van der Waals surface area contributed by atoms with Gasteiger partial charge in [-0.2, -0.15) is 0 Å². The standard InChI is InChI=1S/C16H13FN2O2/c17-8-9-20-15-6-4-12(5-7-15)13-2-1-3-14(10-13)16-11-18-21-19-16/h1-7,10-11H,8-9H2. The van der Waals surface area contributed by atoms with Gasteiger partial charge in [0.2, 0.25) is 0 Å². The van der Waals surface area contributed by atoms with Gasteiger partial charge in [0.25, 0.3) is 0 Å². The fourth-order valence-electron chi connectivity index (χ4n) is 2.05. The van der Waals surface area contributed by atoms with Crippen molar-refractivity contribution in [3.8, 4) is 28.1 Å². The van der Waals surface area contributed by atoms with Gasteiger partial charge in [0.15, 0.2) is 0 Å². The summed E-state index contributed by atoms with van der Waals surface area (Å²) >= 11 is 0. The Bertz CT molecular complexity index is 697. The van der Waals surface area contributed by atoms with Crippen molar-refractivity contribution in [2.24, 2.45) is 0 Å². The van der Waals surface area contributed by atoms with Crippen LogP contribution in [0.5, 0.6) is 5.75 Å². The highest BCUT2D eigenvalue weighted by Gasteiger charge is 2.05. The van der Waals surface area contributed by atoms with E-state index in [-0.39, 0.29) is 6.61 Å². The number of rotatable bonds is 5. The first-order valence-electron chi connectivity index (χ1n) is 6.54. The van der Waals surface area contributed by atoms with Crippen LogP contribution in [0.15, 0.2) is 59.4 Å². The predicted octanol–water partition coefficient (Wildman–Crippen LogP) is 3.75. The normalized spacial score (nSPS) is 10.5. The molecule has 0 fully saturated rings. The summed E-state index contributed by atoms with van der Waals surface area (Å²) in [6.07, 6.45) is 1.58. The van der Waals surface area contributed by atoms with Crippen LogP contribution < -0.4 is 4.74 Å². The number of nitrogens with zero attached hydrogens (tertiary/aromatic N) is 2. The van der Waals surface area contributed by atoms with Gasteiger partial charge in [-0.1, -0.05) is 35.5 Å². The molecule has 1 heterocycles. The van der Waals surface area contributed by atoms with Gasteiger partial charge >= 0.3 is 0 Å². The average molecular weight is 284 g/mol. The van der Waals surface area contributed by atoms with Crippen LogP contribution in [0, 0.1) is 0 Å². The number of aromatic nitrogens is 2. The van der Waals surface area contributed by atoms with Crippen molar-refractivity contribution in [2.75, 3.05) is 13.3 Å². The Hall–Kier alpha value is -2.69. The summed E-state index contributed by atoms with van der Waals surface area (Å²) in [7, 11) is 0. The molecule has 0 saturated carbocycles. The van der Waals surface area contributed by atoms with Crippen molar-refractivity contribution in [1.82, 2.24) is 10.3 Å². The van der Waals surface area contributed by atoms with E-state index in [0.717, 1.165) is 16.7 Å². The zero-order valence-corrected chi connectivity index (χ0v) is 11.2. The summed E-state index contributed by atoms with van der Waals surface area (Å²) in [5, 5.41) is 7.44. The van der Waals surface area contributed by atoms with E-state index in [1.165, 1.54) is 0 Å². The van der Waals surface area contributed by atoms with Crippen molar-refractivity contribution >= 4 is 0 Å². The molecule has 21 heavy (non-hydrogen) atoms. The maximum Gasteiger partial charge on any atom is 0.135 e. The molecule has 0 amide bonds. The topological polar surface area (TPSA) is 48.2 Å². The minimum absolute atomic E-state index is 0.0774. The van der Waals surface area contributed by atoms with E-state index in [4.69, 9.17) is 4.74 Å². The third-order valence-corrected chi connectivity index (χ3v) is 3.05. The van der Waals surface area contributed by atoms with Crippen LogP contribution in [0.3, 0.4) is 0 Å². The molecular formula is C16H13FN2O2. The van der Waals surface area contributed by atoms with Gasteiger partial charge in [0, 0.05) is 5.56 Å². The minimum Gasteiger partial charge on any atom is -0.491 e. The van der Waals surface area contributed by atoms with Crippen LogP contribution >= 0.6 is 0 Å². The van der Waals surface area contributed by atoms with E-state index in [9.17, 15) is 4.39 Å². The maximum atomic E-state index is 12.1. The first-order chi connectivity index (χ1) is 10.4. The lowest BCUT2D eigenvalue weighted by Crippen LogP contribution is -1.98. The molecule has 5 heteroatoms. The van der Waals surface area contributed by atoms with Crippen molar-refractivity contribution in [3.05, 3.63) is 54.7 Å². The summed E-state index contributed by atoms with van der Waals surface area (Å²) in [5.41, 5.74) is 3.72. The molecule has 1 aromatic heterocycles. The molecule has 0 aliphatic carbocycles. The van der Waals surface area contributed by atoms with Crippen molar-refractivity contribution < 1.29 is 13.8 Å². The van der Waals surface area contributed by atoms with Gasteiger partial charge in [-0.25, -0.2) is 9.02 Å². The summed E-state index contributed by atoms with van der Waals surface area (Å²) in [4.78, 5) is 0. The third kappa shape index (κ3) is 3.08. The van der Waals surface area contributed by atoms with Gasteiger partial charge in [0.05, 0.1) is 6.20 Å². The smallest absolute Gasteiger partial charge is 0.135 e. The molecule has 0 aliphatic heterocycles. The van der Waals surface area contributed by atoms with E-state index in [2.05, 4.69) is 14.9 Å². The fourth-order valence-corrected chi connectivity index (χ4v) is 2.05. The molecular weight excluding hydrogens is 271 g/mol. The molecule has 0 bridgehead atoms. The van der Waals surface area contributed by atoms with Gasteiger partial charge in [0.1, 0.15) is 24.7 Å². The predicted molar refractivity (Wildman–Crippen MR) is 76.6 cm³/mol. The second-order valence-electron chi connectivity index (χ2n) is 4.44. The van der Waals surface area contributed by atoms with Gasteiger partial charge in [-0.05, 0) is 34.5 Å². The van der Waals surface area contributed by atoms with Crippen molar-refractivity contribution in [2.45, 2.75) is 0 Å². The second kappa shape index (κ2) is 6.17. The van der Waals surface area contributed by atoms with Crippen LogP contribution in [0.2, 0.25) is 0 Å². The highest BCUT2D eigenvalue weighted by atomic mass is 19.1. The molecule has 0 saturated heterocycles. The quantitative estimate of drug-likeness (QED) is 0.716. The van der Waals surface area contributed by atoms with E-state index < -0.39 is 6.67 Å². The fraction of sp³-hybridized carbons (Fsp3) is 0.125. The van der Waals surface area contributed by atoms with Gasteiger partial charge < -0.3 is 4.74 Å². The highest BCUT2D eigenvalue weighted by molar-refractivity contribution is 5.71. The third-order valence-electron chi connectivity index (χ3n) is 3.05. The molecule has 4 nitrogen and oxygen atoms in total. The van der Waals surface area contributed by atoms with E-state index >= 15 is 0 Å². The van der Waals surface area contributed by atoms with Crippen LogP contribution in [0.4, 0.5) is 4.39 Å². The van der Waals surface area contributed by atoms with E-state index in [1.54, 1.807) is 6.20 Å². The Morgan fingerprint density at radius 3 is 2.52 bits per heavy atom. The largest absolute Gasteiger partial charge is 0.491 e. The lowest BCUT2D eigenvalue weighted by molar-refractivity contribution is 0.273. The zero-order valence-electron chi connectivity index (χ0n) is 11.2. The Labute approximate surface area is 121 Å². The Balaban J connectivity index is 1.85. The number of ether oxygens (including phenoxy) is 1. The summed E-state index contributed by atoms with van der Waals surface area (Å²) in [6.45, 7) is -0.413. The van der Waals surface area contributed by atoms with Crippen LogP contribution in [0.25, 0.3) is 22.4 Å². The van der Waals surface area contributed by atoms with Gasteiger partial charge in [-0.3, -0.25) is 0 Å². The number of benzene rings is 2. The van der Waals surface area contributed by atoms with E-state index in [1.807, 2.05) is 48.5 Å². The molecule has 0 spiro atoms. The second-order valence-corrected chi connectivity index (χ2v) is 4.44. The lowest BCUT2D eigenvalue weighted by Gasteiger charge is -2.06. The number of hydrogen-bond donors (Lipinski definition) is 0. The van der Waals surface area contributed by atoms with Crippen molar-refractivity contribution in [1.29, 1.82) is 0 Å². The van der Waals surface area contributed by atoms with Gasteiger partial charge in [-0.15, -0.1) is 0 Å². The molecule has 3 rings (SSSR count). The lowest BCUT2D eigenvalue weighted by atomic mass is 10.0. The Kier molecular flexibility index (Phi) is 3.91.